The summed E-state index contributed by atoms with van der Waals surface area (Å²) in [5, 5.41) is 0.634. The van der Waals surface area contributed by atoms with Crippen molar-refractivity contribution >= 4 is 67.2 Å². The zero-order valence-electron chi connectivity index (χ0n) is 9.90. The minimum atomic E-state index is -3.81. The Labute approximate surface area is 140 Å². The molecule has 2 aromatic rings. The van der Waals surface area contributed by atoms with Crippen LogP contribution in [0.5, 0.6) is 0 Å². The van der Waals surface area contributed by atoms with E-state index < -0.39 is 10.0 Å². The van der Waals surface area contributed by atoms with E-state index in [4.69, 9.17) is 28.9 Å². The van der Waals surface area contributed by atoms with Gasteiger partial charge < -0.3 is 5.73 Å². The Bertz CT molecular complexity index is 766. The van der Waals surface area contributed by atoms with Crippen LogP contribution in [0.2, 0.25) is 10.0 Å². The van der Waals surface area contributed by atoms with E-state index in [0.29, 0.717) is 20.0 Å². The van der Waals surface area contributed by atoms with Crippen LogP contribution in [0.25, 0.3) is 0 Å². The Balaban J connectivity index is 2.43. The SMILES string of the molecule is Nc1ccc(Cl)c(S(=O)(=O)Nc2ccc(Cl)cc2I)c1. The molecule has 0 aliphatic rings. The third-order valence-electron chi connectivity index (χ3n) is 2.42. The van der Waals surface area contributed by atoms with Gasteiger partial charge in [0.2, 0.25) is 0 Å². The summed E-state index contributed by atoms with van der Waals surface area (Å²) in [6, 6.07) is 9.13. The van der Waals surface area contributed by atoms with Crippen molar-refractivity contribution in [2.24, 2.45) is 0 Å². The minimum absolute atomic E-state index is 0.0649. The van der Waals surface area contributed by atoms with Crippen molar-refractivity contribution in [2.75, 3.05) is 10.5 Å². The standard InChI is InChI=1S/C12H9Cl2IN2O2S/c13-7-1-4-11(10(15)5-7)17-20(18,19)12-6-8(16)2-3-9(12)14/h1-6,17H,16H2. The van der Waals surface area contributed by atoms with Gasteiger partial charge in [-0.05, 0) is 59.0 Å². The molecule has 2 aromatic carbocycles. The molecule has 0 amide bonds. The summed E-state index contributed by atoms with van der Waals surface area (Å²) in [5.74, 6) is 0. The van der Waals surface area contributed by atoms with E-state index in [0.717, 1.165) is 0 Å². The molecule has 3 N–H and O–H groups in total. The maximum atomic E-state index is 12.3. The predicted octanol–water partition coefficient (Wildman–Crippen LogP) is 3.98. The van der Waals surface area contributed by atoms with Gasteiger partial charge in [-0.25, -0.2) is 8.42 Å². The quantitative estimate of drug-likeness (QED) is 0.557. The molecule has 0 saturated carbocycles. The first kappa shape index (κ1) is 15.7. The van der Waals surface area contributed by atoms with Crippen molar-refractivity contribution in [3.8, 4) is 0 Å². The molecule has 0 radical (unpaired) electrons. The first-order valence-corrected chi connectivity index (χ1v) is 8.64. The van der Waals surface area contributed by atoms with Gasteiger partial charge in [-0.1, -0.05) is 23.2 Å². The molecule has 0 aliphatic carbocycles. The van der Waals surface area contributed by atoms with Crippen LogP contribution in [0.15, 0.2) is 41.3 Å². The van der Waals surface area contributed by atoms with Crippen molar-refractivity contribution in [3.63, 3.8) is 0 Å². The zero-order chi connectivity index (χ0) is 14.9. The summed E-state index contributed by atoms with van der Waals surface area (Å²) in [6.07, 6.45) is 0. The third kappa shape index (κ3) is 3.49. The number of nitrogen functional groups attached to an aromatic ring is 1. The highest BCUT2D eigenvalue weighted by molar-refractivity contribution is 14.1. The number of sulfonamides is 1. The first-order chi connectivity index (χ1) is 9.29. The number of nitrogens with two attached hydrogens (primary N) is 1. The van der Waals surface area contributed by atoms with Gasteiger partial charge in [-0.15, -0.1) is 0 Å². The summed E-state index contributed by atoms with van der Waals surface area (Å²) in [6.45, 7) is 0. The van der Waals surface area contributed by atoms with Gasteiger partial charge in [-0.3, -0.25) is 4.72 Å². The van der Waals surface area contributed by atoms with E-state index >= 15 is 0 Å². The summed E-state index contributed by atoms with van der Waals surface area (Å²) >= 11 is 13.7. The van der Waals surface area contributed by atoms with Gasteiger partial charge in [0.25, 0.3) is 10.0 Å². The number of hydrogen-bond acceptors (Lipinski definition) is 3. The van der Waals surface area contributed by atoms with Gasteiger partial charge >= 0.3 is 0 Å². The fourth-order valence-electron chi connectivity index (χ4n) is 1.50. The molecule has 0 spiro atoms. The summed E-state index contributed by atoms with van der Waals surface area (Å²) < 4.78 is 27.8. The largest absolute Gasteiger partial charge is 0.399 e. The van der Waals surface area contributed by atoms with E-state index in [1.807, 2.05) is 22.6 Å². The molecule has 106 valence electrons. The third-order valence-corrected chi connectivity index (χ3v) is 5.39. The van der Waals surface area contributed by atoms with Gasteiger partial charge in [0.05, 0.1) is 10.7 Å². The zero-order valence-corrected chi connectivity index (χ0v) is 14.4. The molecule has 0 aromatic heterocycles. The molecular formula is C12H9Cl2IN2O2S. The highest BCUT2D eigenvalue weighted by atomic mass is 127. The smallest absolute Gasteiger partial charge is 0.263 e. The van der Waals surface area contributed by atoms with E-state index in [2.05, 4.69) is 4.72 Å². The molecule has 0 unspecified atom stereocenters. The summed E-state index contributed by atoms with van der Waals surface area (Å²) in [5.41, 5.74) is 6.34. The Morgan fingerprint density at radius 3 is 2.45 bits per heavy atom. The van der Waals surface area contributed by atoms with Gasteiger partial charge in [0.1, 0.15) is 4.90 Å². The number of rotatable bonds is 3. The van der Waals surface area contributed by atoms with Gasteiger partial charge in [-0.2, -0.15) is 0 Å². The molecule has 0 atom stereocenters. The van der Waals surface area contributed by atoms with E-state index in [1.54, 1.807) is 18.2 Å². The average Bonchev–Trinajstić information content (AvgIpc) is 2.35. The fourth-order valence-corrected chi connectivity index (χ4v) is 4.30. The van der Waals surface area contributed by atoms with Crippen molar-refractivity contribution in [3.05, 3.63) is 50.0 Å². The summed E-state index contributed by atoms with van der Waals surface area (Å²) in [7, 11) is -3.81. The van der Waals surface area contributed by atoms with E-state index in [9.17, 15) is 8.42 Å². The van der Waals surface area contributed by atoms with Crippen LogP contribution >= 0.6 is 45.8 Å². The average molecular weight is 443 g/mol. The lowest BCUT2D eigenvalue weighted by molar-refractivity contribution is 0.601. The molecule has 4 nitrogen and oxygen atoms in total. The maximum Gasteiger partial charge on any atom is 0.263 e. The molecule has 0 heterocycles. The maximum absolute atomic E-state index is 12.3. The van der Waals surface area contributed by atoms with E-state index in [-0.39, 0.29) is 9.92 Å². The van der Waals surface area contributed by atoms with Gasteiger partial charge in [0.15, 0.2) is 0 Å². The first-order valence-electron chi connectivity index (χ1n) is 5.32. The second-order valence-corrected chi connectivity index (χ2v) is 7.58. The lowest BCUT2D eigenvalue weighted by Gasteiger charge is -2.11. The Hall–Kier alpha value is -0.700. The number of anilines is 2. The highest BCUT2D eigenvalue weighted by Gasteiger charge is 2.19. The van der Waals surface area contributed by atoms with Crippen molar-refractivity contribution in [2.45, 2.75) is 4.90 Å². The Kier molecular flexibility index (Phi) is 4.68. The number of nitrogens with one attached hydrogen (secondary N) is 1. The fraction of sp³-hybridized carbons (Fsp3) is 0. The molecule has 0 bridgehead atoms. The van der Waals surface area contributed by atoms with E-state index in [1.165, 1.54) is 18.2 Å². The number of halogens is 3. The minimum Gasteiger partial charge on any atom is -0.399 e. The van der Waals surface area contributed by atoms with Crippen LogP contribution in [0.1, 0.15) is 0 Å². The lowest BCUT2D eigenvalue weighted by atomic mass is 10.3. The normalized spacial score (nSPS) is 11.3. The van der Waals surface area contributed by atoms with Crippen LogP contribution in [-0.4, -0.2) is 8.42 Å². The van der Waals surface area contributed by atoms with Gasteiger partial charge in [0, 0.05) is 14.3 Å². The topological polar surface area (TPSA) is 72.2 Å². The van der Waals surface area contributed by atoms with Crippen LogP contribution in [-0.2, 0) is 10.0 Å². The molecule has 20 heavy (non-hydrogen) atoms. The van der Waals surface area contributed by atoms with Crippen molar-refractivity contribution in [1.29, 1.82) is 0 Å². The summed E-state index contributed by atoms with van der Waals surface area (Å²) in [4.78, 5) is -0.0649. The second-order valence-electron chi connectivity index (χ2n) is 3.92. The van der Waals surface area contributed by atoms with Crippen LogP contribution in [0.4, 0.5) is 11.4 Å². The lowest BCUT2D eigenvalue weighted by Crippen LogP contribution is -2.14. The molecular weight excluding hydrogens is 434 g/mol. The van der Waals surface area contributed by atoms with Crippen LogP contribution in [0, 0.1) is 3.57 Å². The van der Waals surface area contributed by atoms with Crippen molar-refractivity contribution < 1.29 is 8.42 Å². The highest BCUT2D eigenvalue weighted by Crippen LogP contribution is 2.28. The van der Waals surface area contributed by atoms with Crippen molar-refractivity contribution in [1.82, 2.24) is 0 Å². The molecule has 0 saturated heterocycles. The molecule has 0 fully saturated rings. The Morgan fingerprint density at radius 2 is 1.80 bits per heavy atom. The monoisotopic (exact) mass is 442 g/mol. The second kappa shape index (κ2) is 5.97. The predicted molar refractivity (Wildman–Crippen MR) is 90.8 cm³/mol. The van der Waals surface area contributed by atoms with Crippen LogP contribution < -0.4 is 10.5 Å². The Morgan fingerprint density at radius 1 is 1.10 bits per heavy atom. The molecule has 8 heteroatoms. The van der Waals surface area contributed by atoms with Crippen LogP contribution in [0.3, 0.4) is 0 Å². The number of benzene rings is 2. The molecule has 0 aliphatic heterocycles. The number of hydrogen-bond donors (Lipinski definition) is 2. The molecule has 2 rings (SSSR count).